The van der Waals surface area contributed by atoms with Crippen LogP contribution < -0.4 is 5.32 Å². The second kappa shape index (κ2) is 6.02. The van der Waals surface area contributed by atoms with E-state index in [9.17, 15) is 13.2 Å². The number of rotatable bonds is 3. The van der Waals surface area contributed by atoms with E-state index in [0.29, 0.717) is 5.82 Å². The number of alkyl halides is 3. The van der Waals surface area contributed by atoms with E-state index < -0.39 is 12.7 Å². The first kappa shape index (κ1) is 15.5. The topological polar surface area (TPSA) is 44.0 Å². The van der Waals surface area contributed by atoms with Gasteiger partial charge in [0.15, 0.2) is 0 Å². The maximum atomic E-state index is 12.4. The van der Waals surface area contributed by atoms with Gasteiger partial charge in [0.05, 0.1) is 24.5 Å². The zero-order valence-corrected chi connectivity index (χ0v) is 13.1. The lowest BCUT2D eigenvalue weighted by Gasteiger charge is -2.16. The Bertz CT molecular complexity index is 638. The van der Waals surface area contributed by atoms with Crippen LogP contribution in [0.4, 0.5) is 13.2 Å². The summed E-state index contributed by atoms with van der Waals surface area (Å²) >= 11 is 3.37. The lowest BCUT2D eigenvalue weighted by Crippen LogP contribution is -2.33. The molecule has 0 radical (unpaired) electrons. The van der Waals surface area contributed by atoms with Gasteiger partial charge >= 0.3 is 6.18 Å². The summed E-state index contributed by atoms with van der Waals surface area (Å²) < 4.78 is 38.2. The van der Waals surface area contributed by atoms with Crippen molar-refractivity contribution in [2.45, 2.75) is 12.2 Å². The van der Waals surface area contributed by atoms with Gasteiger partial charge in [0.2, 0.25) is 0 Å². The quantitative estimate of drug-likeness (QED) is 0.866. The van der Waals surface area contributed by atoms with Crippen LogP contribution in [-0.4, -0.2) is 40.8 Å². The Kier molecular flexibility index (Phi) is 4.24. The van der Waals surface area contributed by atoms with Crippen molar-refractivity contribution in [2.24, 2.45) is 0 Å². The molecule has 1 saturated heterocycles. The van der Waals surface area contributed by atoms with Crippen molar-refractivity contribution in [1.82, 2.24) is 20.2 Å². The summed E-state index contributed by atoms with van der Waals surface area (Å²) in [5, 5.41) is 3.04. The molecule has 1 aromatic carbocycles. The largest absolute Gasteiger partial charge is 0.401 e. The molecule has 2 heterocycles. The third-order valence-electron chi connectivity index (χ3n) is 3.49. The highest BCUT2D eigenvalue weighted by molar-refractivity contribution is 9.10. The van der Waals surface area contributed by atoms with Crippen molar-refractivity contribution in [3.63, 3.8) is 0 Å². The molecule has 1 aliphatic rings. The minimum absolute atomic E-state index is 0.207. The number of nitrogens with one attached hydrogen (secondary N) is 2. The minimum atomic E-state index is -4.18. The molecule has 1 aromatic heterocycles. The maximum Gasteiger partial charge on any atom is 0.401 e. The minimum Gasteiger partial charge on any atom is -0.341 e. The van der Waals surface area contributed by atoms with E-state index in [-0.39, 0.29) is 19.3 Å². The van der Waals surface area contributed by atoms with Crippen LogP contribution in [0.1, 0.15) is 11.9 Å². The zero-order valence-electron chi connectivity index (χ0n) is 11.5. The van der Waals surface area contributed by atoms with Crippen LogP contribution in [-0.2, 0) is 0 Å². The molecular weight excluding hydrogens is 361 g/mol. The molecule has 1 fully saturated rings. The van der Waals surface area contributed by atoms with Crippen molar-refractivity contribution < 1.29 is 13.2 Å². The van der Waals surface area contributed by atoms with Gasteiger partial charge in [-0.05, 0) is 17.7 Å². The highest BCUT2D eigenvalue weighted by Crippen LogP contribution is 2.25. The predicted molar refractivity (Wildman–Crippen MR) is 80.1 cm³/mol. The number of H-pyrrole nitrogens is 1. The van der Waals surface area contributed by atoms with Crippen molar-refractivity contribution >= 4 is 15.9 Å². The number of benzene rings is 1. The molecule has 1 aliphatic heterocycles. The third kappa shape index (κ3) is 3.68. The van der Waals surface area contributed by atoms with E-state index in [2.05, 4.69) is 31.2 Å². The first-order valence-electron chi connectivity index (χ1n) is 6.74. The molecule has 1 unspecified atom stereocenters. The summed E-state index contributed by atoms with van der Waals surface area (Å²) in [7, 11) is 0. The molecule has 2 aromatic rings. The van der Waals surface area contributed by atoms with Crippen molar-refractivity contribution in [3.8, 4) is 11.3 Å². The number of hydrogen-bond acceptors (Lipinski definition) is 3. The van der Waals surface area contributed by atoms with E-state index in [1.807, 2.05) is 24.3 Å². The summed E-state index contributed by atoms with van der Waals surface area (Å²) in [6.45, 7) is -0.415. The van der Waals surface area contributed by atoms with Crippen LogP contribution in [0.3, 0.4) is 0 Å². The number of aromatic amines is 1. The van der Waals surface area contributed by atoms with Gasteiger partial charge in [-0.1, -0.05) is 28.1 Å². The Balaban J connectivity index is 1.68. The zero-order chi connectivity index (χ0) is 15.7. The van der Waals surface area contributed by atoms with E-state index in [1.54, 1.807) is 6.20 Å². The summed E-state index contributed by atoms with van der Waals surface area (Å²) in [5.74, 6) is 0.655. The number of halogens is 4. The summed E-state index contributed by atoms with van der Waals surface area (Å²) in [6.07, 6.45) is -2.48. The Morgan fingerprint density at radius 2 is 2.00 bits per heavy atom. The Morgan fingerprint density at radius 1 is 1.27 bits per heavy atom. The molecule has 0 saturated carbocycles. The summed E-state index contributed by atoms with van der Waals surface area (Å²) in [6, 6.07) is 7.52. The Labute approximate surface area is 133 Å². The predicted octanol–water partition coefficient (Wildman–Crippen LogP) is 3.31. The average Bonchev–Trinajstić information content (AvgIpc) is 3.06. The van der Waals surface area contributed by atoms with Gasteiger partial charge < -0.3 is 4.98 Å². The van der Waals surface area contributed by atoms with Crippen molar-refractivity contribution in [3.05, 3.63) is 40.8 Å². The number of nitrogens with zero attached hydrogens (tertiary/aromatic N) is 2. The van der Waals surface area contributed by atoms with E-state index in [1.165, 1.54) is 4.90 Å². The van der Waals surface area contributed by atoms with Crippen molar-refractivity contribution in [2.75, 3.05) is 19.8 Å². The number of hydrogen-bond donors (Lipinski definition) is 2. The first-order chi connectivity index (χ1) is 10.4. The fourth-order valence-corrected chi connectivity index (χ4v) is 2.74. The smallest absolute Gasteiger partial charge is 0.341 e. The SMILES string of the molecule is FC(F)(F)CN1CNC(c2ncc(-c3ccc(Br)cc3)[nH]2)C1. The monoisotopic (exact) mass is 374 g/mol. The van der Waals surface area contributed by atoms with Gasteiger partial charge in [-0.2, -0.15) is 13.2 Å². The molecule has 118 valence electrons. The van der Waals surface area contributed by atoms with Crippen LogP contribution in [0.2, 0.25) is 0 Å². The lowest BCUT2D eigenvalue weighted by molar-refractivity contribution is -0.143. The first-order valence-corrected chi connectivity index (χ1v) is 7.53. The van der Waals surface area contributed by atoms with Gasteiger partial charge in [0.1, 0.15) is 5.82 Å². The molecule has 2 N–H and O–H groups in total. The molecule has 4 nitrogen and oxygen atoms in total. The Hall–Kier alpha value is -1.38. The second-order valence-electron chi connectivity index (χ2n) is 5.23. The summed E-state index contributed by atoms with van der Waals surface area (Å²) in [4.78, 5) is 8.79. The van der Waals surface area contributed by atoms with Gasteiger partial charge in [0, 0.05) is 17.7 Å². The maximum absolute atomic E-state index is 12.4. The van der Waals surface area contributed by atoms with Gasteiger partial charge in [-0.3, -0.25) is 10.2 Å². The fourth-order valence-electron chi connectivity index (χ4n) is 2.47. The highest BCUT2D eigenvalue weighted by Gasteiger charge is 2.35. The number of aromatic nitrogens is 2. The van der Waals surface area contributed by atoms with Crippen LogP contribution in [0, 0.1) is 0 Å². The molecule has 0 spiro atoms. The van der Waals surface area contributed by atoms with Crippen LogP contribution in [0.5, 0.6) is 0 Å². The molecule has 0 amide bonds. The molecular formula is C14H14BrF3N4. The molecule has 1 atom stereocenters. The van der Waals surface area contributed by atoms with Crippen LogP contribution in [0.25, 0.3) is 11.3 Å². The fraction of sp³-hybridized carbons (Fsp3) is 0.357. The Morgan fingerprint density at radius 3 is 2.68 bits per heavy atom. The summed E-state index contributed by atoms with van der Waals surface area (Å²) in [5.41, 5.74) is 1.82. The molecule has 0 bridgehead atoms. The van der Waals surface area contributed by atoms with Gasteiger partial charge in [-0.25, -0.2) is 4.98 Å². The van der Waals surface area contributed by atoms with E-state index in [4.69, 9.17) is 0 Å². The van der Waals surface area contributed by atoms with Gasteiger partial charge in [-0.15, -0.1) is 0 Å². The average molecular weight is 375 g/mol. The molecule has 22 heavy (non-hydrogen) atoms. The van der Waals surface area contributed by atoms with Crippen LogP contribution >= 0.6 is 15.9 Å². The van der Waals surface area contributed by atoms with Crippen molar-refractivity contribution in [1.29, 1.82) is 0 Å². The van der Waals surface area contributed by atoms with E-state index in [0.717, 1.165) is 15.7 Å². The lowest BCUT2D eigenvalue weighted by atomic mass is 10.2. The molecule has 8 heteroatoms. The number of imidazole rings is 1. The molecule has 3 rings (SSSR count). The normalized spacial score (nSPS) is 19.7. The van der Waals surface area contributed by atoms with E-state index >= 15 is 0 Å². The highest BCUT2D eigenvalue weighted by atomic mass is 79.9. The molecule has 0 aliphatic carbocycles. The second-order valence-corrected chi connectivity index (χ2v) is 6.15. The van der Waals surface area contributed by atoms with Gasteiger partial charge in [0.25, 0.3) is 0 Å². The standard InChI is InChI=1S/C14H14BrF3N4/c15-10-3-1-9(2-4-10)11-5-19-13(21-11)12-6-22(8-20-12)7-14(16,17)18/h1-5,12,20H,6-8H2,(H,19,21). The van der Waals surface area contributed by atoms with Crippen LogP contribution in [0.15, 0.2) is 34.9 Å². The third-order valence-corrected chi connectivity index (χ3v) is 4.01.